The smallest absolute Gasteiger partial charge is 0.259 e. The topological polar surface area (TPSA) is 116 Å². The van der Waals surface area contributed by atoms with Gasteiger partial charge in [-0.05, 0) is 42.8 Å². The minimum atomic E-state index is -0.467. The minimum absolute atomic E-state index is 0.104. The maximum atomic E-state index is 13.7. The molecule has 2 aromatic heterocycles. The van der Waals surface area contributed by atoms with Gasteiger partial charge in [0, 0.05) is 68.9 Å². The van der Waals surface area contributed by atoms with E-state index in [-0.39, 0.29) is 48.2 Å². The molecule has 1 aliphatic heterocycles. The van der Waals surface area contributed by atoms with Crippen LogP contribution in [0.15, 0.2) is 61.1 Å². The molecule has 1 aromatic carbocycles. The van der Waals surface area contributed by atoms with Crippen LogP contribution in [0.1, 0.15) is 44.9 Å². The number of fused-ring (bicyclic) bond motifs is 1. The number of nitrogens with zero attached hydrogens (tertiary/aromatic N) is 5. The van der Waals surface area contributed by atoms with Crippen molar-refractivity contribution in [2.75, 3.05) is 40.8 Å². The van der Waals surface area contributed by atoms with Crippen molar-refractivity contribution in [1.29, 1.82) is 0 Å². The first-order valence-corrected chi connectivity index (χ1v) is 13.2. The molecule has 3 aromatic rings. The lowest BCUT2D eigenvalue weighted by atomic mass is 9.98. The van der Waals surface area contributed by atoms with Crippen LogP contribution in [-0.2, 0) is 0 Å². The Labute approximate surface area is 234 Å². The molecule has 0 bridgehead atoms. The summed E-state index contributed by atoms with van der Waals surface area (Å²) >= 11 is 0. The van der Waals surface area contributed by atoms with Gasteiger partial charge in [-0.25, -0.2) is 4.98 Å². The number of benzene rings is 1. The first-order chi connectivity index (χ1) is 19.1. The van der Waals surface area contributed by atoms with Crippen molar-refractivity contribution in [1.82, 2.24) is 24.7 Å². The number of aliphatic hydroxyl groups is 1. The zero-order valence-corrected chi connectivity index (χ0v) is 23.4. The number of likely N-dealkylation sites (N-methyl/N-ethyl adjacent to an activating group) is 1. The molecule has 0 saturated heterocycles. The van der Waals surface area contributed by atoms with Crippen LogP contribution in [0.25, 0.3) is 11.1 Å². The zero-order valence-electron chi connectivity index (χ0n) is 23.4. The van der Waals surface area contributed by atoms with Crippen LogP contribution in [0.3, 0.4) is 0 Å². The second kappa shape index (κ2) is 12.3. The summed E-state index contributed by atoms with van der Waals surface area (Å²) < 4.78 is 6.33. The highest BCUT2D eigenvalue weighted by Gasteiger charge is 2.35. The number of amides is 3. The van der Waals surface area contributed by atoms with E-state index in [2.05, 4.69) is 9.97 Å². The standard InChI is InChI=1S/C30H35N5O5/c1-19-16-35(20(2)18-36)30(39)25-14-24(21-6-8-22(9-7-21)28(37)33(3)4)15-32-27(25)40-26(19)17-34(5)29(38)23-10-12-31-13-11-23/h6-15,19-20,26,36H,16-18H2,1-5H3/t19-,20-,26-/m0/s1. The third-order valence-electron chi connectivity index (χ3n) is 7.12. The molecular weight excluding hydrogens is 510 g/mol. The fraction of sp³-hybridized carbons (Fsp3) is 0.367. The second-order valence-electron chi connectivity index (χ2n) is 10.4. The number of hydrogen-bond donors (Lipinski definition) is 1. The average molecular weight is 546 g/mol. The Morgan fingerprint density at radius 3 is 2.33 bits per heavy atom. The van der Waals surface area contributed by atoms with Gasteiger partial charge in [-0.2, -0.15) is 0 Å². The van der Waals surface area contributed by atoms with Gasteiger partial charge in [0.05, 0.1) is 19.2 Å². The Kier molecular flexibility index (Phi) is 8.79. The van der Waals surface area contributed by atoms with Crippen molar-refractivity contribution in [3.05, 3.63) is 77.7 Å². The van der Waals surface area contributed by atoms with Gasteiger partial charge in [-0.15, -0.1) is 0 Å². The summed E-state index contributed by atoms with van der Waals surface area (Å²) in [5.74, 6) is -0.562. The van der Waals surface area contributed by atoms with Crippen molar-refractivity contribution >= 4 is 17.7 Å². The van der Waals surface area contributed by atoms with Gasteiger partial charge in [0.25, 0.3) is 17.7 Å². The van der Waals surface area contributed by atoms with Gasteiger partial charge in [0.1, 0.15) is 11.7 Å². The summed E-state index contributed by atoms with van der Waals surface area (Å²) in [5.41, 5.74) is 2.81. The van der Waals surface area contributed by atoms with E-state index in [4.69, 9.17) is 4.74 Å². The summed E-state index contributed by atoms with van der Waals surface area (Å²) in [5, 5.41) is 9.92. The fourth-order valence-electron chi connectivity index (χ4n) is 4.61. The Morgan fingerprint density at radius 2 is 1.70 bits per heavy atom. The third kappa shape index (κ3) is 6.12. The molecule has 1 N–H and O–H groups in total. The SMILES string of the molecule is C[C@H]1CN([C@@H](C)CO)C(=O)c2cc(-c3ccc(C(=O)N(C)C)cc3)cnc2O[C@H]1CN(C)C(=O)c1ccncc1. The molecule has 4 rings (SSSR count). The van der Waals surface area contributed by atoms with Crippen LogP contribution in [0.5, 0.6) is 5.88 Å². The van der Waals surface area contributed by atoms with Gasteiger partial charge < -0.3 is 24.5 Å². The lowest BCUT2D eigenvalue weighted by Gasteiger charge is -2.37. The first kappa shape index (κ1) is 28.7. The van der Waals surface area contributed by atoms with Gasteiger partial charge in [-0.1, -0.05) is 19.1 Å². The Morgan fingerprint density at radius 1 is 1.05 bits per heavy atom. The molecule has 0 radical (unpaired) electrons. The maximum absolute atomic E-state index is 13.7. The molecule has 1 aliphatic rings. The van der Waals surface area contributed by atoms with E-state index in [0.29, 0.717) is 23.2 Å². The predicted octanol–water partition coefficient (Wildman–Crippen LogP) is 2.84. The highest BCUT2D eigenvalue weighted by molar-refractivity contribution is 5.98. The molecule has 0 spiro atoms. The van der Waals surface area contributed by atoms with Gasteiger partial charge in [0.15, 0.2) is 0 Å². The van der Waals surface area contributed by atoms with Crippen molar-refractivity contribution in [2.24, 2.45) is 5.92 Å². The second-order valence-corrected chi connectivity index (χ2v) is 10.4. The normalized spacial score (nSPS) is 17.6. The van der Waals surface area contributed by atoms with E-state index in [1.165, 1.54) is 4.90 Å². The van der Waals surface area contributed by atoms with Crippen LogP contribution in [-0.4, -0.2) is 100 Å². The molecule has 10 heteroatoms. The lowest BCUT2D eigenvalue weighted by molar-refractivity contribution is 0.0313. The quantitative estimate of drug-likeness (QED) is 0.485. The third-order valence-corrected chi connectivity index (χ3v) is 7.12. The van der Waals surface area contributed by atoms with Crippen molar-refractivity contribution in [3.63, 3.8) is 0 Å². The minimum Gasteiger partial charge on any atom is -0.472 e. The molecule has 210 valence electrons. The van der Waals surface area contributed by atoms with E-state index in [0.717, 1.165) is 5.56 Å². The first-order valence-electron chi connectivity index (χ1n) is 13.2. The number of rotatable bonds is 7. The number of carbonyl (C=O) groups is 3. The molecular formula is C30H35N5O5. The van der Waals surface area contributed by atoms with Gasteiger partial charge in [0.2, 0.25) is 5.88 Å². The molecule has 3 amide bonds. The van der Waals surface area contributed by atoms with Gasteiger partial charge >= 0.3 is 0 Å². The number of pyridine rings is 2. The van der Waals surface area contributed by atoms with Gasteiger partial charge in [-0.3, -0.25) is 19.4 Å². The molecule has 0 saturated carbocycles. The average Bonchev–Trinajstić information content (AvgIpc) is 2.97. The molecule has 10 nitrogen and oxygen atoms in total. The summed E-state index contributed by atoms with van der Waals surface area (Å²) in [6.07, 6.45) is 4.30. The molecule has 0 unspecified atom stereocenters. The number of carbonyl (C=O) groups excluding carboxylic acids is 3. The predicted molar refractivity (Wildman–Crippen MR) is 150 cm³/mol. The molecule has 40 heavy (non-hydrogen) atoms. The zero-order chi connectivity index (χ0) is 29.0. The molecule has 0 fully saturated rings. The van der Waals surface area contributed by atoms with Crippen LogP contribution < -0.4 is 4.74 Å². The van der Waals surface area contributed by atoms with Crippen molar-refractivity contribution in [3.8, 4) is 17.0 Å². The van der Waals surface area contributed by atoms with Crippen molar-refractivity contribution < 1.29 is 24.2 Å². The fourth-order valence-corrected chi connectivity index (χ4v) is 4.61. The summed E-state index contributed by atoms with van der Waals surface area (Å²) in [6, 6.07) is 11.7. The highest BCUT2D eigenvalue weighted by atomic mass is 16.5. The van der Waals surface area contributed by atoms with Crippen LogP contribution in [0, 0.1) is 5.92 Å². The highest BCUT2D eigenvalue weighted by Crippen LogP contribution is 2.30. The number of hydrogen-bond acceptors (Lipinski definition) is 7. The Balaban J connectivity index is 1.67. The number of aromatic nitrogens is 2. The summed E-state index contributed by atoms with van der Waals surface area (Å²) in [7, 11) is 5.10. The number of aliphatic hydroxyl groups excluding tert-OH is 1. The monoisotopic (exact) mass is 545 g/mol. The largest absolute Gasteiger partial charge is 0.472 e. The van der Waals surface area contributed by atoms with E-state index in [1.807, 2.05) is 19.1 Å². The van der Waals surface area contributed by atoms with Crippen LogP contribution >= 0.6 is 0 Å². The molecule has 3 heterocycles. The number of ether oxygens (including phenoxy) is 1. The Bertz CT molecular complexity index is 1360. The molecule has 0 aliphatic carbocycles. The van der Waals surface area contributed by atoms with Crippen molar-refractivity contribution in [2.45, 2.75) is 26.0 Å². The van der Waals surface area contributed by atoms with Crippen LogP contribution in [0.2, 0.25) is 0 Å². The molecule has 3 atom stereocenters. The van der Waals surface area contributed by atoms with E-state index < -0.39 is 12.1 Å². The van der Waals surface area contributed by atoms with E-state index in [1.54, 1.807) is 86.8 Å². The van der Waals surface area contributed by atoms with Crippen LogP contribution in [0.4, 0.5) is 0 Å². The van der Waals surface area contributed by atoms with E-state index >= 15 is 0 Å². The lowest BCUT2D eigenvalue weighted by Crippen LogP contribution is -2.50. The van der Waals surface area contributed by atoms with E-state index in [9.17, 15) is 19.5 Å². The Hall–Kier alpha value is -4.31. The maximum Gasteiger partial charge on any atom is 0.259 e. The summed E-state index contributed by atoms with van der Waals surface area (Å²) in [4.78, 5) is 52.3. The summed E-state index contributed by atoms with van der Waals surface area (Å²) in [6.45, 7) is 4.14.